The molecule has 0 spiro atoms. The SMILES string of the molecule is O=C(NCC1CCC(Cl)CC1)c1ccc(Cl)c(F)c1. The molecule has 0 aromatic heterocycles. The maximum Gasteiger partial charge on any atom is 0.251 e. The third-order valence-corrected chi connectivity index (χ3v) is 4.25. The van der Waals surface area contributed by atoms with Gasteiger partial charge < -0.3 is 5.32 Å². The van der Waals surface area contributed by atoms with E-state index in [1.807, 2.05) is 0 Å². The first-order valence-corrected chi connectivity index (χ1v) is 7.25. The Morgan fingerprint density at radius 1 is 1.32 bits per heavy atom. The Labute approximate surface area is 122 Å². The number of rotatable bonds is 3. The van der Waals surface area contributed by atoms with Crippen LogP contribution in [0.2, 0.25) is 5.02 Å². The van der Waals surface area contributed by atoms with Gasteiger partial charge in [-0.1, -0.05) is 11.6 Å². The van der Waals surface area contributed by atoms with Gasteiger partial charge in [-0.05, 0) is 49.8 Å². The number of halogens is 3. The summed E-state index contributed by atoms with van der Waals surface area (Å²) >= 11 is 11.6. The van der Waals surface area contributed by atoms with E-state index in [0.717, 1.165) is 31.7 Å². The van der Waals surface area contributed by atoms with Gasteiger partial charge in [-0.15, -0.1) is 11.6 Å². The predicted molar refractivity (Wildman–Crippen MR) is 75.3 cm³/mol. The molecule has 2 rings (SSSR count). The Balaban J connectivity index is 1.85. The van der Waals surface area contributed by atoms with E-state index in [9.17, 15) is 9.18 Å². The van der Waals surface area contributed by atoms with Gasteiger partial charge in [0, 0.05) is 17.5 Å². The molecule has 0 aliphatic heterocycles. The Morgan fingerprint density at radius 2 is 2.00 bits per heavy atom. The first-order chi connectivity index (χ1) is 9.06. The standard InChI is InChI=1S/C14H16Cl2FNO/c15-11-4-1-9(2-5-11)8-18-14(19)10-3-6-12(16)13(17)7-10/h3,6-7,9,11H,1-2,4-5,8H2,(H,18,19). The van der Waals surface area contributed by atoms with Crippen LogP contribution in [0.5, 0.6) is 0 Å². The molecule has 19 heavy (non-hydrogen) atoms. The molecule has 0 bridgehead atoms. The van der Waals surface area contributed by atoms with E-state index in [1.54, 1.807) is 0 Å². The summed E-state index contributed by atoms with van der Waals surface area (Å²) in [4.78, 5) is 11.9. The summed E-state index contributed by atoms with van der Waals surface area (Å²) in [5.41, 5.74) is 0.299. The molecular formula is C14H16Cl2FNO. The molecule has 1 aromatic rings. The maximum absolute atomic E-state index is 13.3. The van der Waals surface area contributed by atoms with Crippen LogP contribution in [0, 0.1) is 11.7 Å². The van der Waals surface area contributed by atoms with Crippen LogP contribution in [-0.2, 0) is 0 Å². The number of benzene rings is 1. The zero-order chi connectivity index (χ0) is 13.8. The number of nitrogens with one attached hydrogen (secondary N) is 1. The summed E-state index contributed by atoms with van der Waals surface area (Å²) in [6.07, 6.45) is 4.06. The number of hydrogen-bond acceptors (Lipinski definition) is 1. The number of carbonyl (C=O) groups excluding carboxylic acids is 1. The van der Waals surface area contributed by atoms with E-state index in [1.165, 1.54) is 12.1 Å². The molecule has 0 radical (unpaired) electrons. The molecule has 0 unspecified atom stereocenters. The lowest BCUT2D eigenvalue weighted by Gasteiger charge is -2.25. The van der Waals surface area contributed by atoms with Crippen LogP contribution in [0.1, 0.15) is 36.0 Å². The number of amides is 1. The minimum atomic E-state index is -0.572. The van der Waals surface area contributed by atoms with Crippen molar-refractivity contribution in [3.05, 3.63) is 34.6 Å². The lowest BCUT2D eigenvalue weighted by molar-refractivity contribution is 0.0943. The van der Waals surface area contributed by atoms with E-state index >= 15 is 0 Å². The van der Waals surface area contributed by atoms with Gasteiger partial charge in [-0.3, -0.25) is 4.79 Å². The molecule has 104 valence electrons. The van der Waals surface area contributed by atoms with Crippen molar-refractivity contribution in [2.24, 2.45) is 5.92 Å². The highest BCUT2D eigenvalue weighted by Crippen LogP contribution is 2.27. The summed E-state index contributed by atoms with van der Waals surface area (Å²) in [6, 6.07) is 4.08. The minimum absolute atomic E-state index is 0.0250. The smallest absolute Gasteiger partial charge is 0.251 e. The quantitative estimate of drug-likeness (QED) is 0.840. The molecule has 1 aliphatic carbocycles. The lowest BCUT2D eigenvalue weighted by Crippen LogP contribution is -2.31. The molecule has 0 saturated heterocycles. The van der Waals surface area contributed by atoms with Gasteiger partial charge in [0.05, 0.1) is 5.02 Å². The second kappa shape index (κ2) is 6.58. The van der Waals surface area contributed by atoms with E-state index in [0.29, 0.717) is 18.0 Å². The Morgan fingerprint density at radius 3 is 2.63 bits per heavy atom. The normalized spacial score (nSPS) is 23.1. The lowest BCUT2D eigenvalue weighted by atomic mass is 9.89. The fraction of sp³-hybridized carbons (Fsp3) is 0.500. The topological polar surface area (TPSA) is 29.1 Å². The zero-order valence-corrected chi connectivity index (χ0v) is 12.0. The molecule has 5 heteroatoms. The summed E-state index contributed by atoms with van der Waals surface area (Å²) in [5.74, 6) is -0.364. The van der Waals surface area contributed by atoms with Crippen LogP contribution in [0.3, 0.4) is 0 Å². The Bertz CT molecular complexity index is 459. The molecule has 1 aromatic carbocycles. The first-order valence-electron chi connectivity index (χ1n) is 6.43. The van der Waals surface area contributed by atoms with Crippen molar-refractivity contribution < 1.29 is 9.18 Å². The summed E-state index contributed by atoms with van der Waals surface area (Å²) in [7, 11) is 0. The van der Waals surface area contributed by atoms with Crippen LogP contribution >= 0.6 is 23.2 Å². The van der Waals surface area contributed by atoms with Crippen LogP contribution in [0.25, 0.3) is 0 Å². The molecule has 2 nitrogen and oxygen atoms in total. The molecule has 1 saturated carbocycles. The van der Waals surface area contributed by atoms with E-state index in [2.05, 4.69) is 5.32 Å². The summed E-state index contributed by atoms with van der Waals surface area (Å²) in [6.45, 7) is 0.618. The molecule has 0 heterocycles. The van der Waals surface area contributed by atoms with Crippen molar-refractivity contribution in [3.63, 3.8) is 0 Å². The second-order valence-electron chi connectivity index (χ2n) is 4.96. The Hall–Kier alpha value is -0.800. The van der Waals surface area contributed by atoms with E-state index < -0.39 is 5.82 Å². The monoisotopic (exact) mass is 303 g/mol. The number of carbonyl (C=O) groups is 1. The fourth-order valence-corrected chi connectivity index (χ4v) is 2.67. The largest absolute Gasteiger partial charge is 0.352 e. The van der Waals surface area contributed by atoms with Crippen molar-refractivity contribution in [1.82, 2.24) is 5.32 Å². The van der Waals surface area contributed by atoms with Gasteiger partial charge >= 0.3 is 0 Å². The molecule has 1 amide bonds. The van der Waals surface area contributed by atoms with Crippen molar-refractivity contribution in [3.8, 4) is 0 Å². The third kappa shape index (κ3) is 4.08. The average molecular weight is 304 g/mol. The van der Waals surface area contributed by atoms with Crippen molar-refractivity contribution in [1.29, 1.82) is 0 Å². The molecule has 1 N–H and O–H groups in total. The minimum Gasteiger partial charge on any atom is -0.352 e. The van der Waals surface area contributed by atoms with E-state index in [-0.39, 0.29) is 16.3 Å². The highest BCUT2D eigenvalue weighted by molar-refractivity contribution is 6.30. The van der Waals surface area contributed by atoms with Gasteiger partial charge in [-0.25, -0.2) is 4.39 Å². The average Bonchev–Trinajstić information content (AvgIpc) is 2.41. The third-order valence-electron chi connectivity index (χ3n) is 3.51. The van der Waals surface area contributed by atoms with E-state index in [4.69, 9.17) is 23.2 Å². The van der Waals surface area contributed by atoms with Gasteiger partial charge in [0.15, 0.2) is 0 Å². The molecule has 1 fully saturated rings. The highest BCUT2D eigenvalue weighted by Gasteiger charge is 2.20. The predicted octanol–water partition coefficient (Wildman–Crippen LogP) is 4.01. The molecule has 1 aliphatic rings. The molecule has 0 atom stereocenters. The second-order valence-corrected chi connectivity index (χ2v) is 5.98. The zero-order valence-electron chi connectivity index (χ0n) is 10.5. The first kappa shape index (κ1) is 14.6. The van der Waals surface area contributed by atoms with Crippen LogP contribution in [0.4, 0.5) is 4.39 Å². The highest BCUT2D eigenvalue weighted by atomic mass is 35.5. The maximum atomic E-state index is 13.3. The van der Waals surface area contributed by atoms with Crippen LogP contribution < -0.4 is 5.32 Å². The van der Waals surface area contributed by atoms with Crippen LogP contribution in [0.15, 0.2) is 18.2 Å². The summed E-state index contributed by atoms with van der Waals surface area (Å²) < 4.78 is 13.3. The van der Waals surface area contributed by atoms with Gasteiger partial charge in [0.1, 0.15) is 5.82 Å². The van der Waals surface area contributed by atoms with Crippen LogP contribution in [-0.4, -0.2) is 17.8 Å². The van der Waals surface area contributed by atoms with Crippen molar-refractivity contribution >= 4 is 29.1 Å². The van der Waals surface area contributed by atoms with Crippen molar-refractivity contribution in [2.75, 3.05) is 6.54 Å². The summed E-state index contributed by atoms with van der Waals surface area (Å²) in [5, 5.41) is 3.14. The van der Waals surface area contributed by atoms with Gasteiger partial charge in [0.2, 0.25) is 0 Å². The number of hydrogen-bond donors (Lipinski definition) is 1. The number of alkyl halides is 1. The van der Waals surface area contributed by atoms with Crippen molar-refractivity contribution in [2.45, 2.75) is 31.1 Å². The van der Waals surface area contributed by atoms with Gasteiger partial charge in [-0.2, -0.15) is 0 Å². The fourth-order valence-electron chi connectivity index (χ4n) is 2.30. The van der Waals surface area contributed by atoms with Gasteiger partial charge in [0.25, 0.3) is 5.91 Å². The molecular weight excluding hydrogens is 288 g/mol. The Kier molecular flexibility index (Phi) is 5.06.